The Morgan fingerprint density at radius 2 is 1.68 bits per heavy atom. The molecule has 1 aliphatic heterocycles. The van der Waals surface area contributed by atoms with Crippen molar-refractivity contribution in [3.63, 3.8) is 0 Å². The molecule has 0 aromatic carbocycles. The number of hydrogen-bond acceptors (Lipinski definition) is 3. The molecule has 2 heterocycles. The van der Waals surface area contributed by atoms with Crippen LogP contribution in [0.2, 0.25) is 0 Å². The zero-order valence-electron chi connectivity index (χ0n) is 14.7. The van der Waals surface area contributed by atoms with Crippen molar-refractivity contribution >= 4 is 11.8 Å². The van der Waals surface area contributed by atoms with Gasteiger partial charge in [0.1, 0.15) is 0 Å². The molecule has 0 spiro atoms. The van der Waals surface area contributed by atoms with Crippen molar-refractivity contribution in [2.24, 2.45) is 5.92 Å². The summed E-state index contributed by atoms with van der Waals surface area (Å²) in [6, 6.07) is 2.90. The molecule has 0 bridgehead atoms. The van der Waals surface area contributed by atoms with E-state index in [1.807, 2.05) is 4.90 Å². The van der Waals surface area contributed by atoms with Crippen molar-refractivity contribution in [2.45, 2.75) is 44.9 Å². The van der Waals surface area contributed by atoms with Crippen LogP contribution in [-0.2, 0) is 4.79 Å². The molecule has 2 fully saturated rings. The molecule has 1 N–H and O–H groups in total. The molecule has 6 nitrogen and oxygen atoms in total. The average molecular weight is 345 g/mol. The molecular formula is C19H27N3O3. The summed E-state index contributed by atoms with van der Waals surface area (Å²) in [6.45, 7) is 2.29. The summed E-state index contributed by atoms with van der Waals surface area (Å²) < 4.78 is 0. The summed E-state index contributed by atoms with van der Waals surface area (Å²) in [7, 11) is 0. The van der Waals surface area contributed by atoms with Crippen LogP contribution in [0, 0.1) is 5.92 Å². The highest BCUT2D eigenvalue weighted by Gasteiger charge is 2.25. The molecule has 2 amide bonds. The number of nitrogens with zero attached hydrogens (tertiary/aromatic N) is 2. The second kappa shape index (κ2) is 8.32. The molecule has 25 heavy (non-hydrogen) atoms. The lowest BCUT2D eigenvalue weighted by atomic mass is 9.86. The van der Waals surface area contributed by atoms with Gasteiger partial charge in [-0.15, -0.1) is 0 Å². The molecule has 2 aliphatic rings. The highest BCUT2D eigenvalue weighted by Crippen LogP contribution is 2.27. The third-order valence-corrected chi connectivity index (χ3v) is 5.44. The highest BCUT2D eigenvalue weighted by molar-refractivity contribution is 5.94. The third-order valence-electron chi connectivity index (χ3n) is 5.44. The normalized spacial score (nSPS) is 19.0. The Bertz CT molecular complexity index is 636. The van der Waals surface area contributed by atoms with Gasteiger partial charge in [-0.25, -0.2) is 0 Å². The number of H-pyrrole nitrogens is 1. The van der Waals surface area contributed by atoms with Gasteiger partial charge in [-0.2, -0.15) is 0 Å². The Morgan fingerprint density at radius 3 is 2.32 bits per heavy atom. The topological polar surface area (TPSA) is 73.5 Å². The Balaban J connectivity index is 1.44. The second-order valence-electron chi connectivity index (χ2n) is 7.16. The van der Waals surface area contributed by atoms with Gasteiger partial charge in [0.25, 0.3) is 5.91 Å². The van der Waals surface area contributed by atoms with Crippen LogP contribution in [0.1, 0.15) is 55.3 Å². The van der Waals surface area contributed by atoms with Crippen molar-refractivity contribution in [3.05, 3.63) is 34.2 Å². The van der Waals surface area contributed by atoms with E-state index in [0.717, 1.165) is 12.3 Å². The lowest BCUT2D eigenvalue weighted by molar-refractivity contribution is -0.133. The quantitative estimate of drug-likeness (QED) is 0.907. The van der Waals surface area contributed by atoms with E-state index in [1.165, 1.54) is 44.4 Å². The SMILES string of the molecule is O=C(CCC1CCCCC1)N1CCN(C(=O)c2ccc(=O)[nH]c2)CC1. The number of piperazine rings is 1. The minimum atomic E-state index is -0.218. The average Bonchev–Trinajstić information content (AvgIpc) is 2.67. The molecule has 0 radical (unpaired) electrons. The van der Waals surface area contributed by atoms with Gasteiger partial charge in [-0.1, -0.05) is 32.1 Å². The summed E-state index contributed by atoms with van der Waals surface area (Å²) in [5, 5.41) is 0. The number of carbonyl (C=O) groups excluding carboxylic acids is 2. The molecule has 3 rings (SSSR count). The second-order valence-corrected chi connectivity index (χ2v) is 7.16. The minimum Gasteiger partial charge on any atom is -0.339 e. The van der Waals surface area contributed by atoms with Crippen LogP contribution < -0.4 is 5.56 Å². The standard InChI is InChI=1S/C19H27N3O3/c23-17-8-7-16(14-20-17)19(25)22-12-10-21(11-13-22)18(24)9-6-15-4-2-1-3-5-15/h7-8,14-15H,1-6,9-13H2,(H,20,23). The predicted molar refractivity (Wildman–Crippen MR) is 95.4 cm³/mol. The molecule has 1 saturated carbocycles. The van der Waals surface area contributed by atoms with E-state index in [2.05, 4.69) is 4.98 Å². The Hall–Kier alpha value is -2.11. The number of rotatable bonds is 4. The highest BCUT2D eigenvalue weighted by atomic mass is 16.2. The van der Waals surface area contributed by atoms with E-state index in [0.29, 0.717) is 38.2 Å². The maximum Gasteiger partial charge on any atom is 0.255 e. The van der Waals surface area contributed by atoms with Crippen molar-refractivity contribution in [1.82, 2.24) is 14.8 Å². The first-order valence-electron chi connectivity index (χ1n) is 9.39. The lowest BCUT2D eigenvalue weighted by Crippen LogP contribution is -2.50. The Labute approximate surface area is 148 Å². The van der Waals surface area contributed by atoms with Gasteiger partial charge in [0.15, 0.2) is 0 Å². The van der Waals surface area contributed by atoms with Crippen molar-refractivity contribution in [1.29, 1.82) is 0 Å². The van der Waals surface area contributed by atoms with Gasteiger partial charge in [0, 0.05) is 44.9 Å². The van der Waals surface area contributed by atoms with Gasteiger partial charge in [0.05, 0.1) is 5.56 Å². The Morgan fingerprint density at radius 1 is 1.00 bits per heavy atom. The van der Waals surface area contributed by atoms with Crippen molar-refractivity contribution < 1.29 is 9.59 Å². The van der Waals surface area contributed by atoms with Crippen LogP contribution in [0.25, 0.3) is 0 Å². The van der Waals surface area contributed by atoms with Crippen LogP contribution >= 0.6 is 0 Å². The fraction of sp³-hybridized carbons (Fsp3) is 0.632. The molecule has 1 aromatic rings. The van der Waals surface area contributed by atoms with E-state index in [9.17, 15) is 14.4 Å². The summed E-state index contributed by atoms with van der Waals surface area (Å²) in [5.41, 5.74) is 0.265. The molecular weight excluding hydrogens is 318 g/mol. The number of aromatic amines is 1. The first-order valence-corrected chi connectivity index (χ1v) is 9.39. The fourth-order valence-electron chi connectivity index (χ4n) is 3.85. The van der Waals surface area contributed by atoms with E-state index >= 15 is 0 Å². The van der Waals surface area contributed by atoms with Crippen LogP contribution in [0.3, 0.4) is 0 Å². The summed E-state index contributed by atoms with van der Waals surface area (Å²) in [6.07, 6.45) is 9.61. The molecule has 0 atom stereocenters. The number of aromatic nitrogens is 1. The Kier molecular flexibility index (Phi) is 5.89. The molecule has 6 heteroatoms. The first kappa shape index (κ1) is 17.7. The van der Waals surface area contributed by atoms with E-state index in [4.69, 9.17) is 0 Å². The third kappa shape index (κ3) is 4.71. The molecule has 0 unspecified atom stereocenters. The van der Waals surface area contributed by atoms with Crippen LogP contribution in [-0.4, -0.2) is 52.8 Å². The molecule has 1 saturated heterocycles. The smallest absolute Gasteiger partial charge is 0.255 e. The number of nitrogens with one attached hydrogen (secondary N) is 1. The van der Waals surface area contributed by atoms with Crippen LogP contribution in [0.5, 0.6) is 0 Å². The van der Waals surface area contributed by atoms with Gasteiger partial charge < -0.3 is 14.8 Å². The van der Waals surface area contributed by atoms with Crippen molar-refractivity contribution in [3.8, 4) is 0 Å². The summed E-state index contributed by atoms with van der Waals surface area (Å²) in [5.74, 6) is 0.855. The molecule has 1 aromatic heterocycles. The van der Waals surface area contributed by atoms with Crippen LogP contribution in [0.4, 0.5) is 0 Å². The maximum atomic E-state index is 12.4. The van der Waals surface area contributed by atoms with E-state index in [-0.39, 0.29) is 17.4 Å². The summed E-state index contributed by atoms with van der Waals surface area (Å²) >= 11 is 0. The molecule has 1 aliphatic carbocycles. The molecule has 136 valence electrons. The minimum absolute atomic E-state index is 0.0921. The van der Waals surface area contributed by atoms with Crippen molar-refractivity contribution in [2.75, 3.05) is 26.2 Å². The van der Waals surface area contributed by atoms with Crippen LogP contribution in [0.15, 0.2) is 23.1 Å². The number of hydrogen-bond donors (Lipinski definition) is 1. The number of pyridine rings is 1. The maximum absolute atomic E-state index is 12.4. The number of carbonyl (C=O) groups is 2. The predicted octanol–water partition coefficient (Wildman–Crippen LogP) is 2.02. The van der Waals surface area contributed by atoms with Gasteiger partial charge in [-0.05, 0) is 18.4 Å². The van der Waals surface area contributed by atoms with Gasteiger partial charge in [-0.3, -0.25) is 14.4 Å². The zero-order valence-corrected chi connectivity index (χ0v) is 14.7. The van der Waals surface area contributed by atoms with Gasteiger partial charge in [0.2, 0.25) is 11.5 Å². The fourth-order valence-corrected chi connectivity index (χ4v) is 3.85. The number of amides is 2. The monoisotopic (exact) mass is 345 g/mol. The lowest BCUT2D eigenvalue weighted by Gasteiger charge is -2.35. The van der Waals surface area contributed by atoms with Gasteiger partial charge >= 0.3 is 0 Å². The zero-order chi connectivity index (χ0) is 17.6. The largest absolute Gasteiger partial charge is 0.339 e. The van der Waals surface area contributed by atoms with E-state index < -0.39 is 0 Å². The van der Waals surface area contributed by atoms with E-state index in [1.54, 1.807) is 11.0 Å². The first-order chi connectivity index (χ1) is 12.1. The summed E-state index contributed by atoms with van der Waals surface area (Å²) in [4.78, 5) is 42.1.